The van der Waals surface area contributed by atoms with Crippen LogP contribution in [-0.2, 0) is 11.3 Å². The highest BCUT2D eigenvalue weighted by Gasteiger charge is 2.27. The van der Waals surface area contributed by atoms with Gasteiger partial charge in [0.2, 0.25) is 0 Å². The van der Waals surface area contributed by atoms with Crippen molar-refractivity contribution in [2.24, 2.45) is 0 Å². The topological polar surface area (TPSA) is 53.1 Å². The van der Waals surface area contributed by atoms with Crippen molar-refractivity contribution in [3.8, 4) is 0 Å². The summed E-state index contributed by atoms with van der Waals surface area (Å²) in [6, 6.07) is 1.64. The van der Waals surface area contributed by atoms with Crippen molar-refractivity contribution in [1.29, 1.82) is 0 Å². The highest BCUT2D eigenvalue weighted by molar-refractivity contribution is 5.28. The second kappa shape index (κ2) is 4.52. The van der Waals surface area contributed by atoms with Crippen molar-refractivity contribution in [2.45, 2.75) is 19.6 Å². The first-order valence-corrected chi connectivity index (χ1v) is 4.33. The van der Waals surface area contributed by atoms with Crippen molar-refractivity contribution in [1.82, 2.24) is 9.78 Å². The van der Waals surface area contributed by atoms with E-state index in [1.54, 1.807) is 13.0 Å². The summed E-state index contributed by atoms with van der Waals surface area (Å²) in [5, 5.41) is 3.88. The lowest BCUT2D eigenvalue weighted by atomic mass is 10.4. The number of nitrogens with zero attached hydrogens (tertiary/aromatic N) is 2. The van der Waals surface area contributed by atoms with E-state index in [0.29, 0.717) is 5.82 Å². The number of hydrogen-bond donors (Lipinski definition) is 1. The molecular weight excluding hydrogens is 211 g/mol. The van der Waals surface area contributed by atoms with Gasteiger partial charge in [-0.15, -0.1) is 0 Å². The monoisotopic (exact) mass is 223 g/mol. The molecule has 1 aromatic rings. The number of alkyl halides is 3. The molecule has 86 valence electrons. The van der Waals surface area contributed by atoms with Crippen LogP contribution in [0.25, 0.3) is 0 Å². The molecule has 1 rings (SSSR count). The Labute approximate surface area is 84.8 Å². The maximum Gasteiger partial charge on any atom is 0.411 e. The Morgan fingerprint density at radius 2 is 2.20 bits per heavy atom. The Bertz CT molecular complexity index is 321. The van der Waals surface area contributed by atoms with Crippen LogP contribution >= 0.6 is 0 Å². The van der Waals surface area contributed by atoms with Crippen molar-refractivity contribution in [3.63, 3.8) is 0 Å². The fourth-order valence-electron chi connectivity index (χ4n) is 1.10. The zero-order valence-electron chi connectivity index (χ0n) is 8.21. The maximum absolute atomic E-state index is 11.7. The third-order valence-corrected chi connectivity index (χ3v) is 1.71. The van der Waals surface area contributed by atoms with Gasteiger partial charge < -0.3 is 10.5 Å². The minimum Gasteiger partial charge on any atom is -0.382 e. The molecule has 0 radical (unpaired) electrons. The number of anilines is 1. The average molecular weight is 223 g/mol. The summed E-state index contributed by atoms with van der Waals surface area (Å²) in [6.45, 7) is 0.760. The Morgan fingerprint density at radius 1 is 1.53 bits per heavy atom. The molecular formula is C8H12F3N3O. The molecule has 0 aromatic carbocycles. The van der Waals surface area contributed by atoms with Crippen LogP contribution in [-0.4, -0.2) is 29.2 Å². The molecule has 7 heteroatoms. The van der Waals surface area contributed by atoms with Crippen molar-refractivity contribution in [3.05, 3.63) is 11.8 Å². The molecule has 0 saturated carbocycles. The predicted octanol–water partition coefficient (Wildman–Crippen LogP) is 1.35. The van der Waals surface area contributed by atoms with E-state index in [2.05, 4.69) is 9.84 Å². The van der Waals surface area contributed by atoms with Crippen molar-refractivity contribution in [2.75, 3.05) is 18.9 Å². The van der Waals surface area contributed by atoms with Gasteiger partial charge in [0.1, 0.15) is 12.4 Å². The Kier molecular flexibility index (Phi) is 3.57. The van der Waals surface area contributed by atoms with E-state index < -0.39 is 12.8 Å². The normalized spacial score (nSPS) is 12.0. The maximum atomic E-state index is 11.7. The lowest BCUT2D eigenvalue weighted by Gasteiger charge is -2.08. The van der Waals surface area contributed by atoms with Gasteiger partial charge in [-0.05, 0) is 6.92 Å². The summed E-state index contributed by atoms with van der Waals surface area (Å²) < 4.78 is 41.0. The molecule has 2 N–H and O–H groups in total. The number of aryl methyl sites for hydroxylation is 1. The number of nitrogen functional groups attached to an aromatic ring is 1. The third kappa shape index (κ3) is 4.20. The number of ether oxygens (including phenoxy) is 1. The Balaban J connectivity index is 2.29. The Hall–Kier alpha value is -1.24. The quantitative estimate of drug-likeness (QED) is 0.784. The number of aromatic nitrogens is 2. The number of hydrogen-bond acceptors (Lipinski definition) is 3. The van der Waals surface area contributed by atoms with Gasteiger partial charge in [-0.1, -0.05) is 0 Å². The largest absolute Gasteiger partial charge is 0.411 e. The van der Waals surface area contributed by atoms with Crippen LogP contribution in [0.2, 0.25) is 0 Å². The second-order valence-corrected chi connectivity index (χ2v) is 3.10. The molecule has 0 spiro atoms. The van der Waals surface area contributed by atoms with Crippen LogP contribution in [0.5, 0.6) is 0 Å². The van der Waals surface area contributed by atoms with Crippen LogP contribution in [0, 0.1) is 6.92 Å². The van der Waals surface area contributed by atoms with Crippen LogP contribution in [0.4, 0.5) is 19.0 Å². The number of rotatable bonds is 4. The molecule has 0 bridgehead atoms. The van der Waals surface area contributed by atoms with Crippen LogP contribution < -0.4 is 5.73 Å². The summed E-state index contributed by atoms with van der Waals surface area (Å²) in [4.78, 5) is 0. The summed E-state index contributed by atoms with van der Waals surface area (Å²) in [5.41, 5.74) is 6.19. The van der Waals surface area contributed by atoms with Gasteiger partial charge >= 0.3 is 6.18 Å². The molecule has 0 unspecified atom stereocenters. The smallest absolute Gasteiger partial charge is 0.382 e. The molecule has 0 fully saturated rings. The first kappa shape index (κ1) is 11.8. The lowest BCUT2D eigenvalue weighted by Crippen LogP contribution is -2.19. The fourth-order valence-corrected chi connectivity index (χ4v) is 1.10. The van der Waals surface area contributed by atoms with Gasteiger partial charge in [0.15, 0.2) is 0 Å². The molecule has 4 nitrogen and oxygen atoms in total. The van der Waals surface area contributed by atoms with Gasteiger partial charge in [0.05, 0.1) is 13.2 Å². The summed E-state index contributed by atoms with van der Waals surface area (Å²) in [7, 11) is 0. The lowest BCUT2D eigenvalue weighted by molar-refractivity contribution is -0.174. The van der Waals surface area contributed by atoms with E-state index in [9.17, 15) is 13.2 Å². The molecule has 0 aliphatic carbocycles. The van der Waals surface area contributed by atoms with Crippen LogP contribution in [0.1, 0.15) is 5.69 Å². The highest BCUT2D eigenvalue weighted by atomic mass is 19.4. The molecule has 0 saturated heterocycles. The average Bonchev–Trinajstić information content (AvgIpc) is 2.37. The SMILES string of the molecule is Cc1cc(N)nn1CCOCC(F)(F)F. The van der Waals surface area contributed by atoms with E-state index in [0.717, 1.165) is 5.69 Å². The van der Waals surface area contributed by atoms with Gasteiger partial charge in [-0.25, -0.2) is 0 Å². The van der Waals surface area contributed by atoms with Gasteiger partial charge in [-0.3, -0.25) is 4.68 Å². The molecule has 0 amide bonds. The van der Waals surface area contributed by atoms with Gasteiger partial charge in [0, 0.05) is 11.8 Å². The van der Waals surface area contributed by atoms with E-state index in [1.807, 2.05) is 0 Å². The minimum absolute atomic E-state index is 0.0402. The second-order valence-electron chi connectivity index (χ2n) is 3.10. The number of halogens is 3. The predicted molar refractivity (Wildman–Crippen MR) is 48.3 cm³/mol. The summed E-state index contributed by atoms with van der Waals surface area (Å²) in [6.07, 6.45) is -4.28. The zero-order chi connectivity index (χ0) is 11.5. The molecule has 1 heterocycles. The van der Waals surface area contributed by atoms with E-state index in [1.165, 1.54) is 4.68 Å². The summed E-state index contributed by atoms with van der Waals surface area (Å²) >= 11 is 0. The third-order valence-electron chi connectivity index (χ3n) is 1.71. The minimum atomic E-state index is -4.28. The molecule has 0 aliphatic heterocycles. The standard InChI is InChI=1S/C8H12F3N3O/c1-6-4-7(12)13-14(6)2-3-15-5-8(9,10)11/h4H,2-3,5H2,1H3,(H2,12,13). The van der Waals surface area contributed by atoms with Crippen LogP contribution in [0.15, 0.2) is 6.07 Å². The molecule has 0 atom stereocenters. The van der Waals surface area contributed by atoms with E-state index in [4.69, 9.17) is 5.73 Å². The first-order valence-electron chi connectivity index (χ1n) is 4.33. The Morgan fingerprint density at radius 3 is 2.67 bits per heavy atom. The number of nitrogens with two attached hydrogens (primary N) is 1. The fraction of sp³-hybridized carbons (Fsp3) is 0.625. The van der Waals surface area contributed by atoms with Crippen molar-refractivity contribution >= 4 is 5.82 Å². The van der Waals surface area contributed by atoms with Gasteiger partial charge in [-0.2, -0.15) is 18.3 Å². The summed E-state index contributed by atoms with van der Waals surface area (Å²) in [5.74, 6) is 0.350. The van der Waals surface area contributed by atoms with Gasteiger partial charge in [0.25, 0.3) is 0 Å². The van der Waals surface area contributed by atoms with E-state index >= 15 is 0 Å². The highest BCUT2D eigenvalue weighted by Crippen LogP contribution is 2.14. The molecule has 1 aromatic heterocycles. The first-order chi connectivity index (χ1) is 6.88. The van der Waals surface area contributed by atoms with E-state index in [-0.39, 0.29) is 13.2 Å². The zero-order valence-corrected chi connectivity index (χ0v) is 8.21. The van der Waals surface area contributed by atoms with Crippen molar-refractivity contribution < 1.29 is 17.9 Å². The molecule has 0 aliphatic rings. The molecule has 15 heavy (non-hydrogen) atoms. The van der Waals surface area contributed by atoms with Crippen LogP contribution in [0.3, 0.4) is 0 Å².